The van der Waals surface area contributed by atoms with Crippen molar-refractivity contribution in [3.63, 3.8) is 0 Å². The summed E-state index contributed by atoms with van der Waals surface area (Å²) < 4.78 is 26.4. The van der Waals surface area contributed by atoms with Crippen LogP contribution in [0.5, 0.6) is 0 Å². The maximum Gasteiger partial charge on any atom is 0.225 e. The summed E-state index contributed by atoms with van der Waals surface area (Å²) in [4.78, 5) is 12.6. The van der Waals surface area contributed by atoms with Crippen molar-refractivity contribution in [1.29, 1.82) is 0 Å². The molecule has 0 aliphatic carbocycles. The Balaban J connectivity index is 0.00000225. The molecule has 2 aromatic rings. The van der Waals surface area contributed by atoms with E-state index in [4.69, 9.17) is 0 Å². The van der Waals surface area contributed by atoms with Crippen LogP contribution in [-0.2, 0) is 4.79 Å². The van der Waals surface area contributed by atoms with Gasteiger partial charge in [-0.25, -0.2) is 8.78 Å². The molecule has 25 heavy (non-hydrogen) atoms. The van der Waals surface area contributed by atoms with Crippen molar-refractivity contribution in [3.05, 3.63) is 71.3 Å². The zero-order chi connectivity index (χ0) is 16.9. The molecule has 1 saturated heterocycles. The molecule has 6 heteroatoms. The molecule has 3 rings (SSSR count). The normalized spacial score (nSPS) is 17.0. The second-order valence-electron chi connectivity index (χ2n) is 6.09. The Hall–Kier alpha value is -1.98. The predicted octanol–water partition coefficient (Wildman–Crippen LogP) is 3.59. The minimum absolute atomic E-state index is 0. The van der Waals surface area contributed by atoms with Crippen LogP contribution in [0.15, 0.2) is 48.5 Å². The Labute approximate surface area is 152 Å². The summed E-state index contributed by atoms with van der Waals surface area (Å²) in [5, 5.41) is 6.26. The van der Waals surface area contributed by atoms with E-state index in [0.717, 1.165) is 30.5 Å². The van der Waals surface area contributed by atoms with Gasteiger partial charge in [0.05, 0.1) is 12.0 Å². The van der Waals surface area contributed by atoms with Gasteiger partial charge < -0.3 is 10.6 Å². The average Bonchev–Trinajstić information content (AvgIpc) is 2.62. The second kappa shape index (κ2) is 8.92. The highest BCUT2D eigenvalue weighted by Gasteiger charge is 2.24. The SMILES string of the molecule is Cl.O=C(NC(c1ccc(F)cc1)c1ccc(F)cc1)C1CCCNC1. The Kier molecular flexibility index (Phi) is 6.91. The van der Waals surface area contributed by atoms with E-state index < -0.39 is 6.04 Å². The van der Waals surface area contributed by atoms with Gasteiger partial charge in [0, 0.05) is 6.54 Å². The van der Waals surface area contributed by atoms with E-state index in [2.05, 4.69) is 10.6 Å². The van der Waals surface area contributed by atoms with E-state index in [0.29, 0.717) is 6.54 Å². The van der Waals surface area contributed by atoms with E-state index in [1.54, 1.807) is 24.3 Å². The van der Waals surface area contributed by atoms with Crippen LogP contribution in [0.3, 0.4) is 0 Å². The first-order valence-corrected chi connectivity index (χ1v) is 8.15. The topological polar surface area (TPSA) is 41.1 Å². The molecule has 0 saturated carbocycles. The molecule has 1 heterocycles. The number of hydrogen-bond acceptors (Lipinski definition) is 2. The minimum Gasteiger partial charge on any atom is -0.345 e. The van der Waals surface area contributed by atoms with Crippen molar-refractivity contribution in [2.45, 2.75) is 18.9 Å². The number of halogens is 3. The molecule has 0 spiro atoms. The molecule has 134 valence electrons. The number of hydrogen-bond donors (Lipinski definition) is 2. The summed E-state index contributed by atoms with van der Waals surface area (Å²) in [7, 11) is 0. The van der Waals surface area contributed by atoms with E-state index in [1.165, 1.54) is 24.3 Å². The Bertz CT molecular complexity index is 640. The van der Waals surface area contributed by atoms with Crippen molar-refractivity contribution in [2.24, 2.45) is 5.92 Å². The fraction of sp³-hybridized carbons (Fsp3) is 0.316. The number of benzene rings is 2. The standard InChI is InChI=1S/C19H20F2N2O.ClH/c20-16-7-3-13(4-8-16)18(14-5-9-17(21)10-6-14)23-19(24)15-2-1-11-22-12-15;/h3-10,15,18,22H,1-2,11-12H2,(H,23,24);1H. The molecule has 3 nitrogen and oxygen atoms in total. The molecule has 1 fully saturated rings. The molecule has 2 aromatic carbocycles. The summed E-state index contributed by atoms with van der Waals surface area (Å²) in [6, 6.07) is 11.6. The average molecular weight is 367 g/mol. The number of amides is 1. The number of carbonyl (C=O) groups is 1. The van der Waals surface area contributed by atoms with E-state index in [-0.39, 0.29) is 35.9 Å². The zero-order valence-corrected chi connectivity index (χ0v) is 14.5. The van der Waals surface area contributed by atoms with Crippen molar-refractivity contribution < 1.29 is 13.6 Å². The molecule has 0 bridgehead atoms. The van der Waals surface area contributed by atoms with Crippen LogP contribution in [0.1, 0.15) is 30.0 Å². The first kappa shape index (κ1) is 19.3. The fourth-order valence-corrected chi connectivity index (χ4v) is 3.01. The van der Waals surface area contributed by atoms with Crippen LogP contribution < -0.4 is 10.6 Å². The Morgan fingerprint density at radius 1 is 1.00 bits per heavy atom. The Morgan fingerprint density at radius 2 is 1.52 bits per heavy atom. The molecule has 1 amide bonds. The van der Waals surface area contributed by atoms with Gasteiger partial charge in [-0.2, -0.15) is 0 Å². The highest BCUT2D eigenvalue weighted by Crippen LogP contribution is 2.24. The van der Waals surface area contributed by atoms with Crippen LogP contribution in [0, 0.1) is 17.6 Å². The predicted molar refractivity (Wildman–Crippen MR) is 95.6 cm³/mol. The summed E-state index contributed by atoms with van der Waals surface area (Å²) in [6.07, 6.45) is 1.81. The molecule has 1 aliphatic rings. The summed E-state index contributed by atoms with van der Waals surface area (Å²) in [5.41, 5.74) is 1.53. The van der Waals surface area contributed by atoms with Crippen LogP contribution in [-0.4, -0.2) is 19.0 Å². The quantitative estimate of drug-likeness (QED) is 0.868. The van der Waals surface area contributed by atoms with Crippen LogP contribution in [0.4, 0.5) is 8.78 Å². The zero-order valence-electron chi connectivity index (χ0n) is 13.7. The lowest BCUT2D eigenvalue weighted by molar-refractivity contribution is -0.126. The third kappa shape index (κ3) is 5.00. The highest BCUT2D eigenvalue weighted by molar-refractivity contribution is 5.85. The van der Waals surface area contributed by atoms with Crippen molar-refractivity contribution in [1.82, 2.24) is 10.6 Å². The van der Waals surface area contributed by atoms with E-state index in [1.807, 2.05) is 0 Å². The Morgan fingerprint density at radius 3 is 1.96 bits per heavy atom. The van der Waals surface area contributed by atoms with Gasteiger partial charge in [0.25, 0.3) is 0 Å². The molecule has 1 unspecified atom stereocenters. The lowest BCUT2D eigenvalue weighted by Crippen LogP contribution is -2.42. The lowest BCUT2D eigenvalue weighted by atomic mass is 9.95. The van der Waals surface area contributed by atoms with Gasteiger partial charge in [-0.3, -0.25) is 4.79 Å². The van der Waals surface area contributed by atoms with Gasteiger partial charge in [0.2, 0.25) is 5.91 Å². The van der Waals surface area contributed by atoms with Gasteiger partial charge >= 0.3 is 0 Å². The highest BCUT2D eigenvalue weighted by atomic mass is 35.5. The number of nitrogens with one attached hydrogen (secondary N) is 2. The largest absolute Gasteiger partial charge is 0.345 e. The number of rotatable bonds is 4. The van der Waals surface area contributed by atoms with Crippen molar-refractivity contribution in [3.8, 4) is 0 Å². The molecular weight excluding hydrogens is 346 g/mol. The second-order valence-corrected chi connectivity index (χ2v) is 6.09. The van der Waals surface area contributed by atoms with Crippen LogP contribution >= 0.6 is 12.4 Å². The van der Waals surface area contributed by atoms with Gasteiger partial charge in [0.1, 0.15) is 11.6 Å². The fourth-order valence-electron chi connectivity index (χ4n) is 3.01. The molecule has 2 N–H and O–H groups in total. The molecule has 0 radical (unpaired) electrons. The van der Waals surface area contributed by atoms with E-state index >= 15 is 0 Å². The smallest absolute Gasteiger partial charge is 0.225 e. The monoisotopic (exact) mass is 366 g/mol. The van der Waals surface area contributed by atoms with Gasteiger partial charge in [-0.15, -0.1) is 12.4 Å². The molecule has 1 aliphatic heterocycles. The number of piperidine rings is 1. The van der Waals surface area contributed by atoms with Gasteiger partial charge in [-0.05, 0) is 54.8 Å². The maximum absolute atomic E-state index is 13.2. The first-order chi connectivity index (χ1) is 11.6. The lowest BCUT2D eigenvalue weighted by Gasteiger charge is -2.26. The summed E-state index contributed by atoms with van der Waals surface area (Å²) in [6.45, 7) is 1.59. The van der Waals surface area contributed by atoms with E-state index in [9.17, 15) is 13.6 Å². The van der Waals surface area contributed by atoms with Crippen molar-refractivity contribution >= 4 is 18.3 Å². The van der Waals surface area contributed by atoms with Gasteiger partial charge in [-0.1, -0.05) is 24.3 Å². The van der Waals surface area contributed by atoms with Crippen molar-refractivity contribution in [2.75, 3.05) is 13.1 Å². The minimum atomic E-state index is -0.430. The summed E-state index contributed by atoms with van der Waals surface area (Å²) in [5.74, 6) is -0.790. The molecule has 0 aromatic heterocycles. The molecular formula is C19H21ClF2N2O. The third-order valence-electron chi connectivity index (χ3n) is 4.36. The number of carbonyl (C=O) groups excluding carboxylic acids is 1. The van der Waals surface area contributed by atoms with Crippen LogP contribution in [0.2, 0.25) is 0 Å². The first-order valence-electron chi connectivity index (χ1n) is 8.15. The molecule has 1 atom stereocenters. The van der Waals surface area contributed by atoms with Crippen LogP contribution in [0.25, 0.3) is 0 Å². The van der Waals surface area contributed by atoms with Gasteiger partial charge in [0.15, 0.2) is 0 Å². The maximum atomic E-state index is 13.2. The summed E-state index contributed by atoms with van der Waals surface area (Å²) >= 11 is 0. The third-order valence-corrected chi connectivity index (χ3v) is 4.36.